The molecule has 3 aromatic carbocycles. The highest BCUT2D eigenvalue weighted by molar-refractivity contribution is 7.99. The molecule has 0 radical (unpaired) electrons. The Morgan fingerprint density at radius 3 is 2.26 bits per heavy atom. The van der Waals surface area contributed by atoms with E-state index in [9.17, 15) is 4.79 Å². The molecule has 0 saturated heterocycles. The summed E-state index contributed by atoms with van der Waals surface area (Å²) in [4.78, 5) is 12.8. The fraction of sp³-hybridized carbons (Fsp3) is 0.192. The number of carbonyl (C=O) groups excluding carboxylic acids is 1. The Bertz CT molecular complexity index is 1280. The summed E-state index contributed by atoms with van der Waals surface area (Å²) in [6.45, 7) is 3.97. The molecule has 34 heavy (non-hydrogen) atoms. The lowest BCUT2D eigenvalue weighted by atomic mass is 10.1. The zero-order chi connectivity index (χ0) is 24.1. The number of hydrogen-bond donors (Lipinski definition) is 1. The van der Waals surface area contributed by atoms with Crippen molar-refractivity contribution in [3.8, 4) is 28.6 Å². The van der Waals surface area contributed by atoms with Crippen LogP contribution in [-0.2, 0) is 4.79 Å². The van der Waals surface area contributed by atoms with Crippen molar-refractivity contribution in [2.75, 3.05) is 25.3 Å². The smallest absolute Gasteiger partial charge is 0.234 e. The number of para-hydroxylation sites is 1. The van der Waals surface area contributed by atoms with Crippen molar-refractivity contribution < 1.29 is 14.3 Å². The molecule has 0 saturated carbocycles. The van der Waals surface area contributed by atoms with Crippen LogP contribution in [0.4, 0.5) is 5.69 Å². The van der Waals surface area contributed by atoms with Gasteiger partial charge in [-0.05, 0) is 61.4 Å². The van der Waals surface area contributed by atoms with E-state index < -0.39 is 0 Å². The van der Waals surface area contributed by atoms with Gasteiger partial charge in [-0.25, -0.2) is 0 Å². The van der Waals surface area contributed by atoms with E-state index in [1.807, 2.05) is 85.1 Å². The van der Waals surface area contributed by atoms with Crippen molar-refractivity contribution in [3.63, 3.8) is 0 Å². The van der Waals surface area contributed by atoms with E-state index in [0.29, 0.717) is 11.0 Å². The van der Waals surface area contributed by atoms with Crippen LogP contribution < -0.4 is 14.8 Å². The Kier molecular flexibility index (Phi) is 7.18. The minimum atomic E-state index is -0.102. The number of benzene rings is 3. The van der Waals surface area contributed by atoms with Crippen LogP contribution in [-0.4, -0.2) is 40.6 Å². The van der Waals surface area contributed by atoms with Crippen LogP contribution in [0.1, 0.15) is 11.1 Å². The Labute approximate surface area is 203 Å². The summed E-state index contributed by atoms with van der Waals surface area (Å²) in [5.74, 6) is 2.22. The molecule has 8 heteroatoms. The second kappa shape index (κ2) is 10.4. The van der Waals surface area contributed by atoms with Gasteiger partial charge < -0.3 is 14.8 Å². The van der Waals surface area contributed by atoms with Crippen molar-refractivity contribution in [2.45, 2.75) is 19.0 Å². The second-order valence-corrected chi connectivity index (χ2v) is 8.62. The summed E-state index contributed by atoms with van der Waals surface area (Å²) in [6, 6.07) is 21.2. The number of aromatic nitrogens is 3. The van der Waals surface area contributed by atoms with E-state index >= 15 is 0 Å². The Hall–Kier alpha value is -3.78. The summed E-state index contributed by atoms with van der Waals surface area (Å²) in [5, 5.41) is 12.5. The molecule has 7 nitrogen and oxygen atoms in total. The van der Waals surface area contributed by atoms with Crippen molar-refractivity contribution >= 4 is 23.4 Å². The van der Waals surface area contributed by atoms with Crippen LogP contribution in [0.25, 0.3) is 17.1 Å². The normalized spacial score (nSPS) is 10.7. The minimum Gasteiger partial charge on any atom is -0.497 e. The SMILES string of the molecule is COc1ccc(-n2c(SCC(=O)Nc3c(C)cccc3C)nnc2-c2cccc(OC)c2)cc1. The van der Waals surface area contributed by atoms with Crippen molar-refractivity contribution in [1.29, 1.82) is 0 Å². The van der Waals surface area contributed by atoms with Crippen LogP contribution in [0, 0.1) is 13.8 Å². The van der Waals surface area contributed by atoms with Gasteiger partial charge in [0.25, 0.3) is 0 Å². The van der Waals surface area contributed by atoms with Gasteiger partial charge in [-0.3, -0.25) is 9.36 Å². The topological polar surface area (TPSA) is 78.3 Å². The van der Waals surface area contributed by atoms with Crippen LogP contribution in [0.2, 0.25) is 0 Å². The largest absolute Gasteiger partial charge is 0.497 e. The Balaban J connectivity index is 1.64. The lowest BCUT2D eigenvalue weighted by Crippen LogP contribution is -2.16. The number of amides is 1. The van der Waals surface area contributed by atoms with Crippen LogP contribution in [0.5, 0.6) is 11.5 Å². The maximum Gasteiger partial charge on any atom is 0.234 e. The van der Waals surface area contributed by atoms with Gasteiger partial charge in [-0.15, -0.1) is 10.2 Å². The first-order chi connectivity index (χ1) is 16.5. The van der Waals surface area contributed by atoms with Gasteiger partial charge in [0.1, 0.15) is 11.5 Å². The number of carbonyl (C=O) groups is 1. The molecule has 0 spiro atoms. The fourth-order valence-corrected chi connectivity index (χ4v) is 4.35. The van der Waals surface area contributed by atoms with Gasteiger partial charge in [-0.1, -0.05) is 42.1 Å². The van der Waals surface area contributed by atoms with Gasteiger partial charge in [0, 0.05) is 16.9 Å². The number of nitrogens with zero attached hydrogens (tertiary/aromatic N) is 3. The zero-order valence-corrected chi connectivity index (χ0v) is 20.3. The highest BCUT2D eigenvalue weighted by Gasteiger charge is 2.18. The number of ether oxygens (including phenoxy) is 2. The first-order valence-corrected chi connectivity index (χ1v) is 11.7. The first kappa shape index (κ1) is 23.4. The molecule has 1 aromatic heterocycles. The Morgan fingerprint density at radius 1 is 0.912 bits per heavy atom. The number of rotatable bonds is 8. The first-order valence-electron chi connectivity index (χ1n) is 10.7. The number of aryl methyl sites for hydroxylation is 2. The van der Waals surface area contributed by atoms with Gasteiger partial charge in [0.05, 0.1) is 20.0 Å². The molecule has 4 aromatic rings. The maximum atomic E-state index is 12.8. The fourth-order valence-electron chi connectivity index (χ4n) is 3.59. The number of thioether (sulfide) groups is 1. The molecule has 4 rings (SSSR count). The predicted octanol–water partition coefficient (Wildman–Crippen LogP) is 5.30. The molecular weight excluding hydrogens is 448 g/mol. The molecule has 1 N–H and O–H groups in total. The molecular formula is C26H26N4O3S. The van der Waals surface area contributed by atoms with Crippen LogP contribution in [0.15, 0.2) is 71.9 Å². The minimum absolute atomic E-state index is 0.102. The molecule has 1 heterocycles. The van der Waals surface area contributed by atoms with E-state index in [-0.39, 0.29) is 11.7 Å². The van der Waals surface area contributed by atoms with Crippen molar-refractivity contribution in [2.24, 2.45) is 0 Å². The number of anilines is 1. The number of hydrogen-bond acceptors (Lipinski definition) is 6. The molecule has 0 aliphatic rings. The van der Waals surface area contributed by atoms with E-state index in [0.717, 1.165) is 39.6 Å². The lowest BCUT2D eigenvalue weighted by Gasteiger charge is -2.13. The molecule has 0 fully saturated rings. The van der Waals surface area contributed by atoms with Gasteiger partial charge in [0.15, 0.2) is 11.0 Å². The number of nitrogens with one attached hydrogen (secondary N) is 1. The Morgan fingerprint density at radius 2 is 1.59 bits per heavy atom. The van der Waals surface area contributed by atoms with Gasteiger partial charge in [-0.2, -0.15) is 0 Å². The highest BCUT2D eigenvalue weighted by Crippen LogP contribution is 2.30. The zero-order valence-electron chi connectivity index (χ0n) is 19.5. The molecule has 0 aliphatic carbocycles. The standard InChI is InChI=1S/C26H26N4O3S/c1-17-7-5-8-18(2)24(17)27-23(31)16-34-26-29-28-25(19-9-6-10-22(15-19)33-4)30(26)20-11-13-21(32-3)14-12-20/h5-15H,16H2,1-4H3,(H,27,31). The third-order valence-corrected chi connectivity index (χ3v) is 6.30. The van der Waals surface area contributed by atoms with E-state index in [1.165, 1.54) is 11.8 Å². The molecule has 174 valence electrons. The van der Waals surface area contributed by atoms with Crippen molar-refractivity contribution in [3.05, 3.63) is 77.9 Å². The lowest BCUT2D eigenvalue weighted by molar-refractivity contribution is -0.113. The molecule has 0 unspecified atom stereocenters. The third kappa shape index (κ3) is 5.07. The van der Waals surface area contributed by atoms with Gasteiger partial charge >= 0.3 is 0 Å². The van der Waals surface area contributed by atoms with E-state index in [2.05, 4.69) is 15.5 Å². The quantitative estimate of drug-likeness (QED) is 0.349. The van der Waals surface area contributed by atoms with Crippen LogP contribution >= 0.6 is 11.8 Å². The van der Waals surface area contributed by atoms with E-state index in [1.54, 1.807) is 14.2 Å². The van der Waals surface area contributed by atoms with E-state index in [4.69, 9.17) is 9.47 Å². The molecule has 0 atom stereocenters. The summed E-state index contributed by atoms with van der Waals surface area (Å²) < 4.78 is 12.6. The maximum absolute atomic E-state index is 12.8. The summed E-state index contributed by atoms with van der Waals surface area (Å²) >= 11 is 1.33. The molecule has 0 aliphatic heterocycles. The summed E-state index contributed by atoms with van der Waals surface area (Å²) in [6.07, 6.45) is 0. The molecule has 1 amide bonds. The number of methoxy groups -OCH3 is 2. The predicted molar refractivity (Wildman–Crippen MR) is 135 cm³/mol. The average molecular weight is 475 g/mol. The average Bonchev–Trinajstić information content (AvgIpc) is 3.29. The highest BCUT2D eigenvalue weighted by atomic mass is 32.2. The monoisotopic (exact) mass is 474 g/mol. The second-order valence-electron chi connectivity index (χ2n) is 7.68. The third-order valence-electron chi connectivity index (χ3n) is 5.37. The summed E-state index contributed by atoms with van der Waals surface area (Å²) in [5.41, 5.74) is 4.62. The molecule has 0 bridgehead atoms. The van der Waals surface area contributed by atoms with Crippen LogP contribution in [0.3, 0.4) is 0 Å². The van der Waals surface area contributed by atoms with Crippen molar-refractivity contribution in [1.82, 2.24) is 14.8 Å². The van der Waals surface area contributed by atoms with Gasteiger partial charge in [0.2, 0.25) is 5.91 Å². The summed E-state index contributed by atoms with van der Waals surface area (Å²) in [7, 11) is 3.26.